The summed E-state index contributed by atoms with van der Waals surface area (Å²) in [5.74, 6) is 0.826. The van der Waals surface area contributed by atoms with Gasteiger partial charge in [-0.1, -0.05) is 38.1 Å². The summed E-state index contributed by atoms with van der Waals surface area (Å²) in [4.78, 5) is 24.0. The van der Waals surface area contributed by atoms with Gasteiger partial charge >= 0.3 is 0 Å². The largest absolute Gasteiger partial charge is 0.484 e. The van der Waals surface area contributed by atoms with Gasteiger partial charge in [0.05, 0.1) is 6.26 Å². The second-order valence-corrected chi connectivity index (χ2v) is 6.92. The fourth-order valence-electron chi connectivity index (χ4n) is 2.67. The van der Waals surface area contributed by atoms with Crippen molar-refractivity contribution in [2.24, 2.45) is 0 Å². The molecule has 6 heteroatoms. The molecule has 0 unspecified atom stereocenters. The third kappa shape index (κ3) is 5.97. The van der Waals surface area contributed by atoms with Crippen LogP contribution in [-0.2, 0) is 11.3 Å². The normalized spacial score (nSPS) is 10.6. The fourth-order valence-corrected chi connectivity index (χ4v) is 2.67. The van der Waals surface area contributed by atoms with Crippen molar-refractivity contribution in [3.63, 3.8) is 0 Å². The van der Waals surface area contributed by atoms with Crippen molar-refractivity contribution < 1.29 is 18.7 Å². The minimum atomic E-state index is -0.310. The van der Waals surface area contributed by atoms with Crippen molar-refractivity contribution in [2.45, 2.75) is 26.3 Å². The monoisotopic (exact) mass is 392 g/mol. The van der Waals surface area contributed by atoms with Gasteiger partial charge in [0.25, 0.3) is 11.8 Å². The number of ether oxygens (including phenoxy) is 1. The van der Waals surface area contributed by atoms with E-state index >= 15 is 0 Å². The predicted octanol–water partition coefficient (Wildman–Crippen LogP) is 4.35. The van der Waals surface area contributed by atoms with Crippen molar-refractivity contribution in [2.75, 3.05) is 11.9 Å². The lowest BCUT2D eigenvalue weighted by Crippen LogP contribution is -2.28. The van der Waals surface area contributed by atoms with Gasteiger partial charge in [-0.3, -0.25) is 9.59 Å². The molecule has 0 saturated carbocycles. The number of hydrogen-bond donors (Lipinski definition) is 2. The third-order valence-corrected chi connectivity index (χ3v) is 4.34. The summed E-state index contributed by atoms with van der Waals surface area (Å²) in [6.45, 7) is 4.55. The number of hydrogen-bond acceptors (Lipinski definition) is 4. The first-order valence-corrected chi connectivity index (χ1v) is 9.44. The van der Waals surface area contributed by atoms with Gasteiger partial charge in [0, 0.05) is 12.2 Å². The number of amides is 2. The number of rotatable bonds is 8. The molecule has 1 aromatic heterocycles. The zero-order valence-electron chi connectivity index (χ0n) is 16.5. The molecular formula is C23H24N2O4. The van der Waals surface area contributed by atoms with E-state index in [9.17, 15) is 9.59 Å². The van der Waals surface area contributed by atoms with E-state index in [-0.39, 0.29) is 24.2 Å². The van der Waals surface area contributed by atoms with Gasteiger partial charge < -0.3 is 19.8 Å². The van der Waals surface area contributed by atoms with Crippen LogP contribution >= 0.6 is 0 Å². The molecule has 0 aliphatic carbocycles. The molecule has 2 N–H and O–H groups in total. The van der Waals surface area contributed by atoms with Crippen LogP contribution in [0.25, 0.3) is 0 Å². The zero-order valence-corrected chi connectivity index (χ0v) is 16.5. The van der Waals surface area contributed by atoms with Crippen molar-refractivity contribution in [3.8, 4) is 5.75 Å². The Labute approximate surface area is 169 Å². The predicted molar refractivity (Wildman–Crippen MR) is 111 cm³/mol. The summed E-state index contributed by atoms with van der Waals surface area (Å²) < 4.78 is 10.6. The molecule has 0 aliphatic rings. The first-order chi connectivity index (χ1) is 14.0. The molecule has 3 rings (SSSR count). The maximum atomic E-state index is 12.0. The lowest BCUT2D eigenvalue weighted by molar-refractivity contribution is -0.123. The molecule has 0 radical (unpaired) electrons. The minimum Gasteiger partial charge on any atom is -0.484 e. The Morgan fingerprint density at radius 3 is 2.52 bits per heavy atom. The highest BCUT2D eigenvalue weighted by Crippen LogP contribution is 2.20. The molecule has 3 aromatic rings. The highest BCUT2D eigenvalue weighted by atomic mass is 16.5. The SMILES string of the molecule is CC(C)c1cccc(OCC(=O)NCc2ccc(NC(=O)c3ccco3)cc2)c1. The lowest BCUT2D eigenvalue weighted by Gasteiger charge is -2.10. The molecule has 0 aliphatic heterocycles. The van der Waals surface area contributed by atoms with Crippen LogP contribution in [0.5, 0.6) is 5.75 Å². The van der Waals surface area contributed by atoms with E-state index in [2.05, 4.69) is 24.5 Å². The van der Waals surface area contributed by atoms with Gasteiger partial charge in [0.15, 0.2) is 12.4 Å². The summed E-state index contributed by atoms with van der Waals surface area (Å²) in [5, 5.41) is 5.57. The summed E-state index contributed by atoms with van der Waals surface area (Å²) in [6, 6.07) is 18.2. The van der Waals surface area contributed by atoms with E-state index in [1.165, 1.54) is 11.8 Å². The Balaban J connectivity index is 1.44. The van der Waals surface area contributed by atoms with Gasteiger partial charge in [0.2, 0.25) is 0 Å². The Kier molecular flexibility index (Phi) is 6.68. The standard InChI is InChI=1S/C23H24N2O4/c1-16(2)18-5-3-6-20(13-18)29-15-22(26)24-14-17-8-10-19(11-9-17)25-23(27)21-7-4-12-28-21/h3-13,16H,14-15H2,1-2H3,(H,24,26)(H,25,27). The van der Waals surface area contributed by atoms with Crippen molar-refractivity contribution in [1.82, 2.24) is 5.32 Å². The smallest absolute Gasteiger partial charge is 0.291 e. The number of nitrogens with one attached hydrogen (secondary N) is 2. The van der Waals surface area contributed by atoms with Gasteiger partial charge in [0.1, 0.15) is 5.75 Å². The maximum Gasteiger partial charge on any atom is 0.291 e. The van der Waals surface area contributed by atoms with Crippen LogP contribution in [0, 0.1) is 0 Å². The molecule has 29 heavy (non-hydrogen) atoms. The van der Waals surface area contributed by atoms with Gasteiger partial charge in [-0.25, -0.2) is 0 Å². The van der Waals surface area contributed by atoms with Crippen molar-refractivity contribution >= 4 is 17.5 Å². The van der Waals surface area contributed by atoms with E-state index in [1.54, 1.807) is 24.3 Å². The number of benzene rings is 2. The Morgan fingerprint density at radius 2 is 1.83 bits per heavy atom. The third-order valence-electron chi connectivity index (χ3n) is 4.34. The second-order valence-electron chi connectivity index (χ2n) is 6.92. The molecule has 2 amide bonds. The van der Waals surface area contributed by atoms with E-state index in [1.807, 2.05) is 36.4 Å². The molecule has 6 nitrogen and oxygen atoms in total. The number of anilines is 1. The Hall–Kier alpha value is -3.54. The van der Waals surface area contributed by atoms with Crippen LogP contribution in [0.15, 0.2) is 71.3 Å². The Bertz CT molecular complexity index is 947. The summed E-state index contributed by atoms with van der Waals surface area (Å²) >= 11 is 0. The molecule has 0 bridgehead atoms. The molecule has 0 fully saturated rings. The average molecular weight is 392 g/mol. The highest BCUT2D eigenvalue weighted by molar-refractivity contribution is 6.02. The van der Waals surface area contributed by atoms with Crippen LogP contribution in [0.4, 0.5) is 5.69 Å². The molecule has 0 saturated heterocycles. The molecule has 1 heterocycles. The quantitative estimate of drug-likeness (QED) is 0.597. The van der Waals surface area contributed by atoms with Gasteiger partial charge in [-0.05, 0) is 53.4 Å². The molecule has 0 atom stereocenters. The molecule has 0 spiro atoms. The molecular weight excluding hydrogens is 368 g/mol. The van der Waals surface area contributed by atoms with E-state index in [4.69, 9.17) is 9.15 Å². The minimum absolute atomic E-state index is 0.0428. The Morgan fingerprint density at radius 1 is 1.03 bits per heavy atom. The summed E-state index contributed by atoms with van der Waals surface area (Å²) in [7, 11) is 0. The van der Waals surface area contributed by atoms with E-state index < -0.39 is 0 Å². The lowest BCUT2D eigenvalue weighted by atomic mass is 10.0. The summed E-state index contributed by atoms with van der Waals surface area (Å²) in [6.07, 6.45) is 1.45. The summed E-state index contributed by atoms with van der Waals surface area (Å²) in [5.41, 5.74) is 2.73. The molecule has 2 aromatic carbocycles. The van der Waals surface area contributed by atoms with E-state index in [0.29, 0.717) is 23.9 Å². The topological polar surface area (TPSA) is 80.6 Å². The van der Waals surface area contributed by atoms with Gasteiger partial charge in [-0.15, -0.1) is 0 Å². The van der Waals surface area contributed by atoms with Crippen LogP contribution in [-0.4, -0.2) is 18.4 Å². The van der Waals surface area contributed by atoms with Crippen molar-refractivity contribution in [3.05, 3.63) is 83.8 Å². The van der Waals surface area contributed by atoms with Crippen LogP contribution in [0.3, 0.4) is 0 Å². The molecule has 150 valence electrons. The van der Waals surface area contributed by atoms with Crippen molar-refractivity contribution in [1.29, 1.82) is 0 Å². The first kappa shape index (κ1) is 20.2. The van der Waals surface area contributed by atoms with E-state index in [0.717, 1.165) is 5.56 Å². The van der Waals surface area contributed by atoms with Crippen LogP contribution in [0.2, 0.25) is 0 Å². The number of carbonyl (C=O) groups excluding carboxylic acids is 2. The number of furan rings is 1. The highest BCUT2D eigenvalue weighted by Gasteiger charge is 2.09. The van der Waals surface area contributed by atoms with Crippen LogP contribution < -0.4 is 15.4 Å². The van der Waals surface area contributed by atoms with Gasteiger partial charge in [-0.2, -0.15) is 0 Å². The zero-order chi connectivity index (χ0) is 20.6. The second kappa shape index (κ2) is 9.59. The average Bonchev–Trinajstić information content (AvgIpc) is 3.27. The maximum absolute atomic E-state index is 12.0. The number of carbonyl (C=O) groups is 2. The first-order valence-electron chi connectivity index (χ1n) is 9.44. The fraction of sp³-hybridized carbons (Fsp3) is 0.217. The van der Waals surface area contributed by atoms with Crippen LogP contribution in [0.1, 0.15) is 41.4 Å².